The minimum Gasteiger partial charge on any atom is -0.454 e. The van der Waals surface area contributed by atoms with Crippen LogP contribution < -0.4 is 20.7 Å². The molecule has 2 N–H and O–H groups in total. The molecule has 0 aliphatic carbocycles. The quantitative estimate of drug-likeness (QED) is 0.186. The van der Waals surface area contributed by atoms with Gasteiger partial charge in [0.25, 0.3) is 16.6 Å². The Balaban J connectivity index is 1.66. The zero-order chi connectivity index (χ0) is 35.5. The molecule has 1 aliphatic rings. The SMILES string of the molecule is CC(=O)O[C@H]1C(O)O[C@@H](CO[Si](c2ccccc2)(c2ccccc2)C(C)(C)C)[C@H](O[Si](c2ccccc2)(c2ccccc2)C(C)(C)C)[C@H]1O. The molecular formula is C40H50O7Si2. The molecule has 0 bridgehead atoms. The van der Waals surface area contributed by atoms with Crippen molar-refractivity contribution in [2.24, 2.45) is 0 Å². The molecule has 260 valence electrons. The number of aliphatic hydroxyl groups is 2. The van der Waals surface area contributed by atoms with Crippen molar-refractivity contribution >= 4 is 43.4 Å². The molecule has 9 heteroatoms. The molecule has 0 saturated carbocycles. The number of hydrogen-bond acceptors (Lipinski definition) is 7. The molecule has 1 heterocycles. The zero-order valence-corrected chi connectivity index (χ0v) is 31.6. The number of benzene rings is 4. The number of aliphatic hydroxyl groups excluding tert-OH is 2. The molecular weight excluding hydrogens is 649 g/mol. The molecule has 7 nitrogen and oxygen atoms in total. The smallest absolute Gasteiger partial charge is 0.303 e. The summed E-state index contributed by atoms with van der Waals surface area (Å²) in [7, 11) is -6.30. The monoisotopic (exact) mass is 698 g/mol. The topological polar surface area (TPSA) is 94.5 Å². The summed E-state index contributed by atoms with van der Waals surface area (Å²) in [4.78, 5) is 12.2. The number of hydrogen-bond donors (Lipinski definition) is 2. The third-order valence-electron chi connectivity index (χ3n) is 9.55. The second-order valence-electron chi connectivity index (χ2n) is 14.8. The van der Waals surface area contributed by atoms with E-state index in [4.69, 9.17) is 18.3 Å². The van der Waals surface area contributed by atoms with Crippen LogP contribution in [-0.4, -0.2) is 70.1 Å². The van der Waals surface area contributed by atoms with Gasteiger partial charge in [0, 0.05) is 6.92 Å². The van der Waals surface area contributed by atoms with E-state index < -0.39 is 58.3 Å². The lowest BCUT2D eigenvalue weighted by molar-refractivity contribution is -0.286. The summed E-state index contributed by atoms with van der Waals surface area (Å²) in [5.74, 6) is -0.641. The fourth-order valence-electron chi connectivity index (χ4n) is 7.37. The number of carbonyl (C=O) groups is 1. The van der Waals surface area contributed by atoms with Gasteiger partial charge in [-0.3, -0.25) is 4.79 Å². The van der Waals surface area contributed by atoms with Crippen molar-refractivity contribution in [3.63, 3.8) is 0 Å². The van der Waals surface area contributed by atoms with Crippen LogP contribution in [0.4, 0.5) is 0 Å². The third-order valence-corrected chi connectivity index (χ3v) is 19.6. The van der Waals surface area contributed by atoms with Crippen LogP contribution in [0.3, 0.4) is 0 Å². The highest BCUT2D eigenvalue weighted by atomic mass is 28.4. The van der Waals surface area contributed by atoms with Crippen LogP contribution in [0, 0.1) is 0 Å². The van der Waals surface area contributed by atoms with Crippen molar-refractivity contribution in [3.05, 3.63) is 121 Å². The molecule has 5 rings (SSSR count). The van der Waals surface area contributed by atoms with Gasteiger partial charge in [-0.2, -0.15) is 0 Å². The van der Waals surface area contributed by atoms with E-state index in [0.717, 1.165) is 20.7 Å². The van der Waals surface area contributed by atoms with E-state index in [1.54, 1.807) is 0 Å². The normalized spacial score (nSPS) is 22.0. The number of carbonyl (C=O) groups excluding carboxylic acids is 1. The minimum atomic E-state index is -3.26. The largest absolute Gasteiger partial charge is 0.454 e. The van der Waals surface area contributed by atoms with Crippen LogP contribution in [0.1, 0.15) is 48.5 Å². The van der Waals surface area contributed by atoms with E-state index in [0.29, 0.717) is 0 Å². The van der Waals surface area contributed by atoms with Crippen LogP contribution in [-0.2, 0) is 23.1 Å². The molecule has 1 unspecified atom stereocenters. The number of esters is 1. The average molecular weight is 699 g/mol. The first-order valence-corrected chi connectivity index (χ1v) is 20.8. The lowest BCUT2D eigenvalue weighted by atomic mass is 9.99. The summed E-state index contributed by atoms with van der Waals surface area (Å²) in [6.07, 6.45) is -6.31. The molecule has 0 radical (unpaired) electrons. The molecule has 1 saturated heterocycles. The van der Waals surface area contributed by atoms with Crippen LogP contribution >= 0.6 is 0 Å². The van der Waals surface area contributed by atoms with Gasteiger partial charge in [-0.15, -0.1) is 0 Å². The first kappa shape index (κ1) is 36.9. The average Bonchev–Trinajstić information content (AvgIpc) is 3.07. The van der Waals surface area contributed by atoms with Crippen molar-refractivity contribution in [2.45, 2.75) is 89.2 Å². The van der Waals surface area contributed by atoms with Crippen LogP contribution in [0.2, 0.25) is 10.1 Å². The van der Waals surface area contributed by atoms with E-state index in [2.05, 4.69) is 90.1 Å². The van der Waals surface area contributed by atoms with Crippen molar-refractivity contribution in [1.29, 1.82) is 0 Å². The molecule has 4 aromatic rings. The molecule has 1 fully saturated rings. The van der Waals surface area contributed by atoms with Crippen LogP contribution in [0.5, 0.6) is 0 Å². The number of rotatable bonds is 10. The third kappa shape index (κ3) is 7.25. The first-order chi connectivity index (χ1) is 23.2. The number of ether oxygens (including phenoxy) is 2. The highest BCUT2D eigenvalue weighted by molar-refractivity contribution is 7.00. The Morgan fingerprint density at radius 3 is 1.35 bits per heavy atom. The van der Waals surface area contributed by atoms with Crippen LogP contribution in [0.25, 0.3) is 0 Å². The van der Waals surface area contributed by atoms with Gasteiger partial charge < -0.3 is 28.5 Å². The summed E-state index contributed by atoms with van der Waals surface area (Å²) in [6, 6.07) is 40.8. The van der Waals surface area contributed by atoms with Gasteiger partial charge in [0.1, 0.15) is 18.3 Å². The predicted molar refractivity (Wildman–Crippen MR) is 199 cm³/mol. The molecule has 4 aromatic carbocycles. The summed E-state index contributed by atoms with van der Waals surface area (Å²) in [6.45, 7) is 14.3. The maximum Gasteiger partial charge on any atom is 0.303 e. The molecule has 5 atom stereocenters. The Morgan fingerprint density at radius 1 is 0.633 bits per heavy atom. The Kier molecular flexibility index (Phi) is 11.1. The van der Waals surface area contributed by atoms with Crippen molar-refractivity contribution < 1.29 is 33.3 Å². The summed E-state index contributed by atoms with van der Waals surface area (Å²) >= 11 is 0. The Hall–Kier alpha value is -3.42. The highest BCUT2D eigenvalue weighted by Gasteiger charge is 2.58. The van der Waals surface area contributed by atoms with Gasteiger partial charge in [0.05, 0.1) is 6.61 Å². The van der Waals surface area contributed by atoms with E-state index in [-0.39, 0.29) is 11.6 Å². The van der Waals surface area contributed by atoms with Gasteiger partial charge in [-0.1, -0.05) is 163 Å². The van der Waals surface area contributed by atoms with E-state index >= 15 is 0 Å². The fourth-order valence-corrected chi connectivity index (χ4v) is 16.7. The van der Waals surface area contributed by atoms with Crippen molar-refractivity contribution in [2.75, 3.05) is 6.61 Å². The maximum absolute atomic E-state index is 12.2. The summed E-state index contributed by atoms with van der Waals surface area (Å²) in [5.41, 5.74) is 0. The summed E-state index contributed by atoms with van der Waals surface area (Å²) in [5, 5.41) is 26.8. The lowest BCUT2D eigenvalue weighted by Crippen LogP contribution is -2.73. The molecule has 0 amide bonds. The minimum absolute atomic E-state index is 0.0110. The Labute approximate surface area is 293 Å². The predicted octanol–water partition coefficient (Wildman–Crippen LogP) is 4.52. The highest BCUT2D eigenvalue weighted by Crippen LogP contribution is 2.41. The van der Waals surface area contributed by atoms with Gasteiger partial charge in [0.15, 0.2) is 12.4 Å². The molecule has 0 aromatic heterocycles. The second kappa shape index (κ2) is 14.8. The van der Waals surface area contributed by atoms with Crippen molar-refractivity contribution in [3.8, 4) is 0 Å². The Bertz CT molecular complexity index is 1560. The fraction of sp³-hybridized carbons (Fsp3) is 0.375. The molecule has 1 aliphatic heterocycles. The van der Waals surface area contributed by atoms with Gasteiger partial charge in [-0.25, -0.2) is 0 Å². The van der Waals surface area contributed by atoms with E-state index in [1.165, 1.54) is 6.92 Å². The lowest BCUT2D eigenvalue weighted by Gasteiger charge is -2.51. The zero-order valence-electron chi connectivity index (χ0n) is 29.6. The molecule has 0 spiro atoms. The maximum atomic E-state index is 12.2. The Morgan fingerprint density at radius 2 is 1.00 bits per heavy atom. The molecule has 49 heavy (non-hydrogen) atoms. The van der Waals surface area contributed by atoms with Crippen LogP contribution in [0.15, 0.2) is 121 Å². The first-order valence-electron chi connectivity index (χ1n) is 16.9. The second-order valence-corrected chi connectivity index (χ2v) is 23.4. The van der Waals surface area contributed by atoms with Crippen molar-refractivity contribution in [1.82, 2.24) is 0 Å². The van der Waals surface area contributed by atoms with E-state index in [9.17, 15) is 15.0 Å². The van der Waals surface area contributed by atoms with Gasteiger partial charge >= 0.3 is 5.97 Å². The van der Waals surface area contributed by atoms with E-state index in [1.807, 2.05) is 72.8 Å². The van der Waals surface area contributed by atoms with Gasteiger partial charge in [-0.05, 0) is 30.8 Å². The van der Waals surface area contributed by atoms with Gasteiger partial charge in [0.2, 0.25) is 0 Å². The standard InChI is InChI=1S/C40H50O7Si2/c1-29(41)45-37-35(42)36(47-49(40(5,6)7,32-24-16-10-17-25-32)33-26-18-11-19-27-33)34(46-38(37)43)28-44-48(39(2,3)4,30-20-12-8-13-21-30)31-22-14-9-15-23-31/h8-27,34-38,42-43H,28H2,1-7H3/t34-,35+,36-,37+,38?/m0/s1. The summed E-state index contributed by atoms with van der Waals surface area (Å²) < 4.78 is 26.5.